The molecule has 3 rings (SSSR count). The lowest BCUT2D eigenvalue weighted by atomic mass is 10.0. The molecule has 23 heavy (non-hydrogen) atoms. The summed E-state index contributed by atoms with van der Waals surface area (Å²) < 4.78 is 16.7. The second-order valence-electron chi connectivity index (χ2n) is 7.00. The van der Waals surface area contributed by atoms with Gasteiger partial charge >= 0.3 is 6.09 Å². The van der Waals surface area contributed by atoms with Crippen LogP contribution < -0.4 is 5.32 Å². The van der Waals surface area contributed by atoms with Crippen molar-refractivity contribution in [1.82, 2.24) is 10.2 Å². The van der Waals surface area contributed by atoms with Crippen LogP contribution in [0.25, 0.3) is 0 Å². The van der Waals surface area contributed by atoms with Crippen LogP contribution in [-0.2, 0) is 14.2 Å². The summed E-state index contributed by atoms with van der Waals surface area (Å²) in [5.74, 6) is 1.37. The van der Waals surface area contributed by atoms with Gasteiger partial charge in [-0.05, 0) is 59.1 Å². The molecule has 2 aliphatic heterocycles. The van der Waals surface area contributed by atoms with Crippen LogP contribution in [-0.4, -0.2) is 42.5 Å². The first kappa shape index (κ1) is 16.2. The molecule has 1 amide bonds. The lowest BCUT2D eigenvalue weighted by Crippen LogP contribution is -2.50. The number of carbonyl (C=O) groups is 1. The van der Waals surface area contributed by atoms with Crippen LogP contribution in [0.5, 0.6) is 0 Å². The van der Waals surface area contributed by atoms with Crippen LogP contribution in [0, 0.1) is 6.42 Å². The summed E-state index contributed by atoms with van der Waals surface area (Å²) in [6, 6.07) is 0.0676. The summed E-state index contributed by atoms with van der Waals surface area (Å²) in [7, 11) is 0. The minimum atomic E-state index is -0.535. The van der Waals surface area contributed by atoms with E-state index in [1.165, 1.54) is 0 Å². The van der Waals surface area contributed by atoms with Crippen molar-refractivity contribution in [3.8, 4) is 0 Å². The molecule has 1 N–H and O–H groups in total. The van der Waals surface area contributed by atoms with Crippen molar-refractivity contribution in [2.24, 2.45) is 0 Å². The molecule has 1 aliphatic carbocycles. The van der Waals surface area contributed by atoms with Crippen LogP contribution in [0.4, 0.5) is 4.79 Å². The number of ether oxygens (including phenoxy) is 3. The van der Waals surface area contributed by atoms with E-state index in [9.17, 15) is 4.79 Å². The summed E-state index contributed by atoms with van der Waals surface area (Å²) in [6.07, 6.45) is 6.20. The van der Waals surface area contributed by atoms with E-state index in [1.54, 1.807) is 4.90 Å². The fourth-order valence-electron chi connectivity index (χ4n) is 3.06. The van der Waals surface area contributed by atoms with E-state index in [0.29, 0.717) is 17.9 Å². The van der Waals surface area contributed by atoms with Gasteiger partial charge in [-0.1, -0.05) is 0 Å². The van der Waals surface area contributed by atoms with Gasteiger partial charge in [0.15, 0.2) is 11.5 Å². The fraction of sp³-hybridized carbons (Fsp3) is 0.647. The van der Waals surface area contributed by atoms with Crippen molar-refractivity contribution < 1.29 is 19.0 Å². The zero-order valence-corrected chi connectivity index (χ0v) is 14.1. The summed E-state index contributed by atoms with van der Waals surface area (Å²) in [5, 5.41) is 3.36. The Morgan fingerprint density at radius 1 is 1.39 bits per heavy atom. The lowest BCUT2D eigenvalue weighted by Gasteiger charge is -2.37. The van der Waals surface area contributed by atoms with Crippen molar-refractivity contribution in [2.45, 2.75) is 51.7 Å². The highest BCUT2D eigenvalue weighted by molar-refractivity contribution is 5.72. The maximum absolute atomic E-state index is 12.9. The Labute approximate surface area is 137 Å². The predicted octanol–water partition coefficient (Wildman–Crippen LogP) is 2.68. The molecule has 0 spiro atoms. The van der Waals surface area contributed by atoms with E-state index in [2.05, 4.69) is 5.32 Å². The Morgan fingerprint density at radius 3 is 2.91 bits per heavy atom. The van der Waals surface area contributed by atoms with E-state index < -0.39 is 5.60 Å². The molecule has 127 valence electrons. The Kier molecular flexibility index (Phi) is 4.53. The number of amides is 1. The smallest absolute Gasteiger partial charge is 0.414 e. The van der Waals surface area contributed by atoms with Crippen LogP contribution in [0.1, 0.15) is 40.0 Å². The number of allylic oxidation sites excluding steroid dienone is 2. The molecule has 2 heterocycles. The molecule has 0 saturated carbocycles. The van der Waals surface area contributed by atoms with E-state index in [-0.39, 0.29) is 18.9 Å². The molecular weight excluding hydrogens is 296 g/mol. The summed E-state index contributed by atoms with van der Waals surface area (Å²) in [5.41, 5.74) is 0.301. The minimum absolute atomic E-state index is 0.0676. The number of carbonyl (C=O) groups excluding carboxylic acids is 1. The van der Waals surface area contributed by atoms with Crippen LogP contribution >= 0.6 is 0 Å². The molecule has 1 radical (unpaired) electrons. The highest BCUT2D eigenvalue weighted by Gasteiger charge is 2.37. The van der Waals surface area contributed by atoms with Gasteiger partial charge in [-0.3, -0.25) is 4.90 Å². The molecule has 0 aromatic heterocycles. The van der Waals surface area contributed by atoms with Crippen molar-refractivity contribution in [1.29, 1.82) is 0 Å². The first-order valence-electron chi connectivity index (χ1n) is 8.21. The fourth-order valence-corrected chi connectivity index (χ4v) is 3.06. The Morgan fingerprint density at radius 2 is 2.22 bits per heavy atom. The monoisotopic (exact) mass is 321 g/mol. The minimum Gasteiger partial charge on any atom is -0.454 e. The third kappa shape index (κ3) is 3.63. The van der Waals surface area contributed by atoms with Crippen LogP contribution in [0.3, 0.4) is 0 Å². The Hall–Kier alpha value is -1.69. The molecule has 1 atom stereocenters. The third-order valence-electron chi connectivity index (χ3n) is 4.00. The van der Waals surface area contributed by atoms with Crippen molar-refractivity contribution in [3.05, 3.63) is 29.7 Å². The van der Waals surface area contributed by atoms with Gasteiger partial charge in [0.05, 0.1) is 11.7 Å². The average molecular weight is 321 g/mol. The van der Waals surface area contributed by atoms with Gasteiger partial charge in [-0.2, -0.15) is 0 Å². The number of piperidine rings is 1. The molecule has 2 fully saturated rings. The van der Waals surface area contributed by atoms with Crippen molar-refractivity contribution >= 4 is 6.09 Å². The molecule has 3 aliphatic rings. The van der Waals surface area contributed by atoms with Gasteiger partial charge in [0, 0.05) is 6.54 Å². The first-order valence-corrected chi connectivity index (χ1v) is 8.21. The van der Waals surface area contributed by atoms with Gasteiger partial charge in [0.2, 0.25) is 6.79 Å². The Bertz CT molecular complexity index is 527. The summed E-state index contributed by atoms with van der Waals surface area (Å²) in [4.78, 5) is 14.6. The molecule has 6 heteroatoms. The first-order chi connectivity index (χ1) is 11.0. The average Bonchev–Trinajstić information content (AvgIpc) is 2.96. The number of hydrogen-bond donors (Lipinski definition) is 1. The number of nitrogens with one attached hydrogen (secondary N) is 1. The quantitative estimate of drug-likeness (QED) is 0.847. The number of hydrogen-bond acceptors (Lipinski definition) is 5. The van der Waals surface area contributed by atoms with Crippen LogP contribution in [0.2, 0.25) is 0 Å². The lowest BCUT2D eigenvalue weighted by molar-refractivity contribution is 0.0197. The van der Waals surface area contributed by atoms with E-state index in [4.69, 9.17) is 14.2 Å². The highest BCUT2D eigenvalue weighted by Crippen LogP contribution is 2.35. The van der Waals surface area contributed by atoms with E-state index >= 15 is 0 Å². The van der Waals surface area contributed by atoms with E-state index in [0.717, 1.165) is 31.6 Å². The zero-order valence-electron chi connectivity index (χ0n) is 14.1. The van der Waals surface area contributed by atoms with Gasteiger partial charge in [0.25, 0.3) is 0 Å². The second kappa shape index (κ2) is 6.43. The maximum Gasteiger partial charge on any atom is 0.414 e. The van der Waals surface area contributed by atoms with Gasteiger partial charge in [0.1, 0.15) is 5.60 Å². The standard InChI is InChI=1S/C17H25N2O4/c1-17(2,3)23-16(20)19(12-6-5-9-18-10-12)13-7-4-8-14-15(13)22-11-21-14/h4,8,12,18H,5-7,9-11H2,1-3H3. The molecular formula is C17H25N2O4. The SMILES string of the molecule is CC(C)(C)OC(=O)N(C1=C2OCOC2=C[CH]C1)C1CCCNC1. The van der Waals surface area contributed by atoms with E-state index in [1.807, 2.05) is 33.3 Å². The molecule has 6 nitrogen and oxygen atoms in total. The van der Waals surface area contributed by atoms with Gasteiger partial charge in [-0.15, -0.1) is 0 Å². The molecule has 0 aromatic rings. The Balaban J connectivity index is 1.91. The normalized spacial score (nSPS) is 24.3. The highest BCUT2D eigenvalue weighted by atomic mass is 16.7. The largest absolute Gasteiger partial charge is 0.454 e. The maximum atomic E-state index is 12.9. The molecule has 2 saturated heterocycles. The second-order valence-corrected chi connectivity index (χ2v) is 7.00. The number of nitrogens with zero attached hydrogens (tertiary/aromatic N) is 1. The number of rotatable bonds is 2. The number of fused-ring (bicyclic) bond motifs is 1. The predicted molar refractivity (Wildman–Crippen MR) is 85.0 cm³/mol. The molecule has 0 bridgehead atoms. The zero-order chi connectivity index (χ0) is 16.4. The topological polar surface area (TPSA) is 60.0 Å². The summed E-state index contributed by atoms with van der Waals surface area (Å²) in [6.45, 7) is 7.59. The molecule has 0 aromatic carbocycles. The third-order valence-corrected chi connectivity index (χ3v) is 4.00. The van der Waals surface area contributed by atoms with Crippen LogP contribution in [0.15, 0.2) is 23.3 Å². The van der Waals surface area contributed by atoms with Crippen molar-refractivity contribution in [3.63, 3.8) is 0 Å². The van der Waals surface area contributed by atoms with Gasteiger partial charge in [-0.25, -0.2) is 4.79 Å². The van der Waals surface area contributed by atoms with Crippen molar-refractivity contribution in [2.75, 3.05) is 19.9 Å². The molecule has 1 unspecified atom stereocenters. The summed E-state index contributed by atoms with van der Waals surface area (Å²) >= 11 is 0. The van der Waals surface area contributed by atoms with Gasteiger partial charge < -0.3 is 19.5 Å².